The largest absolute Gasteiger partial charge is 0.324 e. The number of anilines is 2. The van der Waals surface area contributed by atoms with Crippen LogP contribution in [0, 0.1) is 25.5 Å². The number of carbonyl (C=O) groups excluding carboxylic acids is 1. The maximum atomic E-state index is 13.4. The Hall–Kier alpha value is -2.97. The Bertz CT molecular complexity index is 1230. The topological polar surface area (TPSA) is 66.5 Å². The van der Waals surface area contributed by atoms with Gasteiger partial charge in [0.15, 0.2) is 11.6 Å². The summed E-state index contributed by atoms with van der Waals surface area (Å²) in [5.41, 5.74) is 1.81. The smallest absolute Gasteiger partial charge is 0.264 e. The molecule has 0 aliphatic rings. The number of sulfonamides is 1. The van der Waals surface area contributed by atoms with E-state index in [2.05, 4.69) is 5.32 Å². The second-order valence-electron chi connectivity index (χ2n) is 6.94. The molecule has 0 radical (unpaired) electrons. The van der Waals surface area contributed by atoms with Gasteiger partial charge in [0.25, 0.3) is 10.0 Å². The van der Waals surface area contributed by atoms with Crippen molar-refractivity contribution in [3.8, 4) is 0 Å². The molecule has 1 amide bonds. The first-order valence-electron chi connectivity index (χ1n) is 9.18. The van der Waals surface area contributed by atoms with Gasteiger partial charge in [-0.15, -0.1) is 0 Å². The number of aryl methyl sites for hydroxylation is 2. The number of rotatable bonds is 6. The summed E-state index contributed by atoms with van der Waals surface area (Å²) < 4.78 is 54.1. The van der Waals surface area contributed by atoms with E-state index in [9.17, 15) is 22.0 Å². The highest BCUT2D eigenvalue weighted by Crippen LogP contribution is 2.28. The molecule has 3 aromatic carbocycles. The highest BCUT2D eigenvalue weighted by molar-refractivity contribution is 7.92. The SMILES string of the molecule is Cc1ccc(S(=O)(=O)N(CC(=O)Nc2ccc(F)c(F)c2)c2ccc(C)c(Cl)c2)cc1. The van der Waals surface area contributed by atoms with Crippen LogP contribution in [0.5, 0.6) is 0 Å². The molecule has 0 spiro atoms. The fourth-order valence-electron chi connectivity index (χ4n) is 2.79. The molecule has 0 heterocycles. The van der Waals surface area contributed by atoms with E-state index in [4.69, 9.17) is 11.6 Å². The maximum absolute atomic E-state index is 13.4. The molecule has 0 aliphatic carbocycles. The van der Waals surface area contributed by atoms with Crippen LogP contribution in [0.3, 0.4) is 0 Å². The highest BCUT2D eigenvalue weighted by Gasteiger charge is 2.27. The van der Waals surface area contributed by atoms with E-state index in [1.165, 1.54) is 30.3 Å². The minimum absolute atomic E-state index is 0.00137. The summed E-state index contributed by atoms with van der Waals surface area (Å²) in [7, 11) is -4.12. The lowest BCUT2D eigenvalue weighted by atomic mass is 10.2. The van der Waals surface area contributed by atoms with Crippen LogP contribution in [0.15, 0.2) is 65.6 Å². The number of nitrogens with zero attached hydrogens (tertiary/aromatic N) is 1. The van der Waals surface area contributed by atoms with Gasteiger partial charge in [0.05, 0.1) is 10.6 Å². The lowest BCUT2D eigenvalue weighted by molar-refractivity contribution is -0.114. The van der Waals surface area contributed by atoms with Gasteiger partial charge in [-0.2, -0.15) is 0 Å². The van der Waals surface area contributed by atoms with E-state index < -0.39 is 34.1 Å². The zero-order chi connectivity index (χ0) is 22.8. The summed E-state index contributed by atoms with van der Waals surface area (Å²) in [6, 6.07) is 13.7. The predicted molar refractivity (Wildman–Crippen MR) is 117 cm³/mol. The molecule has 0 aliphatic heterocycles. The first kappa shape index (κ1) is 22.7. The fraction of sp³-hybridized carbons (Fsp3) is 0.136. The number of halogens is 3. The van der Waals surface area contributed by atoms with Crippen LogP contribution in [0.2, 0.25) is 5.02 Å². The minimum Gasteiger partial charge on any atom is -0.324 e. The molecular weight excluding hydrogens is 446 g/mol. The Morgan fingerprint density at radius 2 is 1.65 bits per heavy atom. The zero-order valence-electron chi connectivity index (χ0n) is 16.7. The van der Waals surface area contributed by atoms with Crippen LogP contribution in [0.1, 0.15) is 11.1 Å². The third kappa shape index (κ3) is 5.21. The zero-order valence-corrected chi connectivity index (χ0v) is 18.3. The number of hydrogen-bond donors (Lipinski definition) is 1. The lowest BCUT2D eigenvalue weighted by Crippen LogP contribution is -2.38. The third-order valence-electron chi connectivity index (χ3n) is 4.54. The van der Waals surface area contributed by atoms with E-state index in [-0.39, 0.29) is 16.3 Å². The normalized spacial score (nSPS) is 11.3. The Labute approximate surface area is 184 Å². The summed E-state index contributed by atoms with van der Waals surface area (Å²) in [5.74, 6) is -2.93. The van der Waals surface area contributed by atoms with Gasteiger partial charge in [-0.3, -0.25) is 9.10 Å². The quantitative estimate of drug-likeness (QED) is 0.554. The molecule has 0 aromatic heterocycles. The molecule has 1 N–H and O–H groups in total. The molecule has 31 heavy (non-hydrogen) atoms. The molecule has 0 saturated carbocycles. The van der Waals surface area contributed by atoms with Gasteiger partial charge in [-0.1, -0.05) is 35.4 Å². The Kier molecular flexibility index (Phi) is 6.62. The van der Waals surface area contributed by atoms with Crippen molar-refractivity contribution < 1.29 is 22.0 Å². The summed E-state index contributed by atoms with van der Waals surface area (Å²) in [4.78, 5) is 12.6. The van der Waals surface area contributed by atoms with E-state index in [1.807, 2.05) is 6.92 Å². The van der Waals surface area contributed by atoms with Gasteiger partial charge >= 0.3 is 0 Å². The van der Waals surface area contributed by atoms with Crippen molar-refractivity contribution in [2.45, 2.75) is 18.7 Å². The molecule has 0 fully saturated rings. The lowest BCUT2D eigenvalue weighted by Gasteiger charge is -2.24. The van der Waals surface area contributed by atoms with Crippen molar-refractivity contribution in [3.05, 3.63) is 88.4 Å². The van der Waals surface area contributed by atoms with Crippen molar-refractivity contribution in [1.29, 1.82) is 0 Å². The number of carbonyl (C=O) groups is 1. The van der Waals surface area contributed by atoms with Crippen LogP contribution in [0.25, 0.3) is 0 Å². The first-order valence-corrected chi connectivity index (χ1v) is 11.0. The second kappa shape index (κ2) is 9.03. The Balaban J connectivity index is 1.97. The van der Waals surface area contributed by atoms with Crippen LogP contribution in [-0.2, 0) is 14.8 Å². The summed E-state index contributed by atoms with van der Waals surface area (Å²) in [6.07, 6.45) is 0. The fourth-order valence-corrected chi connectivity index (χ4v) is 4.38. The molecule has 0 unspecified atom stereocenters. The van der Waals surface area contributed by atoms with Crippen molar-refractivity contribution in [2.75, 3.05) is 16.2 Å². The monoisotopic (exact) mass is 464 g/mol. The minimum atomic E-state index is -4.12. The van der Waals surface area contributed by atoms with Gasteiger partial charge in [0, 0.05) is 16.8 Å². The van der Waals surface area contributed by atoms with Gasteiger partial charge in [-0.05, 0) is 55.8 Å². The molecule has 0 saturated heterocycles. The van der Waals surface area contributed by atoms with E-state index >= 15 is 0 Å². The molecule has 162 valence electrons. The van der Waals surface area contributed by atoms with E-state index in [0.717, 1.165) is 27.6 Å². The molecule has 3 rings (SSSR count). The standard InChI is InChI=1S/C22H19ClF2N2O3S/c1-14-3-8-18(9-4-14)31(29,30)27(17-7-5-15(2)19(23)12-17)13-22(28)26-16-6-10-20(24)21(25)11-16/h3-12H,13H2,1-2H3,(H,26,28). The van der Waals surface area contributed by atoms with Gasteiger partial charge in [0.1, 0.15) is 6.54 Å². The highest BCUT2D eigenvalue weighted by atomic mass is 35.5. The first-order chi connectivity index (χ1) is 14.6. The number of amides is 1. The van der Waals surface area contributed by atoms with E-state index in [0.29, 0.717) is 5.02 Å². The third-order valence-corrected chi connectivity index (χ3v) is 6.74. The summed E-state index contributed by atoms with van der Waals surface area (Å²) >= 11 is 6.17. The maximum Gasteiger partial charge on any atom is 0.264 e. The van der Waals surface area contributed by atoms with Crippen molar-refractivity contribution in [2.24, 2.45) is 0 Å². The summed E-state index contributed by atoms with van der Waals surface area (Å²) in [5, 5.41) is 2.72. The van der Waals surface area contributed by atoms with Crippen molar-refractivity contribution >= 4 is 38.9 Å². The molecule has 0 bridgehead atoms. The summed E-state index contributed by atoms with van der Waals surface area (Å²) in [6.45, 7) is 2.98. The van der Waals surface area contributed by atoms with Crippen molar-refractivity contribution in [1.82, 2.24) is 0 Å². The van der Waals surface area contributed by atoms with Crippen LogP contribution < -0.4 is 9.62 Å². The molecule has 0 atom stereocenters. The van der Waals surface area contributed by atoms with Crippen LogP contribution in [-0.4, -0.2) is 20.9 Å². The Morgan fingerprint density at radius 3 is 2.26 bits per heavy atom. The van der Waals surface area contributed by atoms with Gasteiger partial charge < -0.3 is 5.32 Å². The van der Waals surface area contributed by atoms with Gasteiger partial charge in [0.2, 0.25) is 5.91 Å². The molecular formula is C22H19ClF2N2O3S. The van der Waals surface area contributed by atoms with Crippen LogP contribution >= 0.6 is 11.6 Å². The molecule has 5 nitrogen and oxygen atoms in total. The van der Waals surface area contributed by atoms with E-state index in [1.54, 1.807) is 25.1 Å². The molecule has 9 heteroatoms. The number of benzene rings is 3. The average Bonchev–Trinajstić information content (AvgIpc) is 2.71. The van der Waals surface area contributed by atoms with Crippen molar-refractivity contribution in [3.63, 3.8) is 0 Å². The number of nitrogens with one attached hydrogen (secondary N) is 1. The van der Waals surface area contributed by atoms with Gasteiger partial charge in [-0.25, -0.2) is 17.2 Å². The van der Waals surface area contributed by atoms with Crippen LogP contribution in [0.4, 0.5) is 20.2 Å². The molecule has 3 aromatic rings. The number of hydrogen-bond acceptors (Lipinski definition) is 3. The predicted octanol–water partition coefficient (Wildman–Crippen LogP) is 5.07. The second-order valence-corrected chi connectivity index (χ2v) is 9.20. The Morgan fingerprint density at radius 1 is 0.968 bits per heavy atom. The average molecular weight is 465 g/mol.